The molecule has 12 heteroatoms. The summed E-state index contributed by atoms with van der Waals surface area (Å²) in [6, 6.07) is 4.66. The van der Waals surface area contributed by atoms with Crippen molar-refractivity contribution in [2.24, 2.45) is 7.05 Å². The predicted octanol–water partition coefficient (Wildman–Crippen LogP) is 3.61. The fourth-order valence-electron chi connectivity index (χ4n) is 3.55. The molecule has 4 rings (SSSR count). The molecule has 162 valence electrons. The third-order valence-electron chi connectivity index (χ3n) is 4.72. The first kappa shape index (κ1) is 21.0. The molecule has 3 aromatic rings. The minimum atomic E-state index is -4.86. The summed E-state index contributed by atoms with van der Waals surface area (Å²) in [5.74, 6) is -1.90. The van der Waals surface area contributed by atoms with Gasteiger partial charge >= 0.3 is 12.3 Å². The zero-order chi connectivity index (χ0) is 22.7. The number of rotatable bonds is 2. The normalized spacial score (nSPS) is 14.5. The lowest BCUT2D eigenvalue weighted by atomic mass is 10.0. The zero-order valence-corrected chi connectivity index (χ0v) is 17.5. The molecule has 8 nitrogen and oxygen atoms in total. The highest BCUT2D eigenvalue weighted by atomic mass is 79.9. The van der Waals surface area contributed by atoms with E-state index in [0.29, 0.717) is 16.7 Å². The number of carbonyl (C=O) groups is 1. The number of aliphatic hydroxyl groups is 1. The van der Waals surface area contributed by atoms with Gasteiger partial charge in [-0.05, 0) is 47.1 Å². The lowest BCUT2D eigenvalue weighted by Gasteiger charge is -2.15. The molecule has 0 amide bonds. The van der Waals surface area contributed by atoms with Crippen molar-refractivity contribution in [3.05, 3.63) is 55.9 Å². The smallest absolute Gasteiger partial charge is 0.506 e. The van der Waals surface area contributed by atoms with E-state index in [1.54, 1.807) is 14.0 Å². The van der Waals surface area contributed by atoms with E-state index in [0.717, 1.165) is 12.1 Å². The molecular weight excluding hydrogens is 487 g/mol. The van der Waals surface area contributed by atoms with Gasteiger partial charge in [-0.2, -0.15) is 5.10 Å². The molecule has 0 radical (unpaired) electrons. The average Bonchev–Trinajstić information content (AvgIpc) is 2.92. The number of halogens is 4. The van der Waals surface area contributed by atoms with Crippen LogP contribution in [-0.4, -0.2) is 31.8 Å². The number of cyclic esters (lactones) is 1. The second-order valence-electron chi connectivity index (χ2n) is 6.68. The maximum absolute atomic E-state index is 13.4. The molecule has 0 aliphatic carbocycles. The third-order valence-corrected chi connectivity index (χ3v) is 5.42. The van der Waals surface area contributed by atoms with Crippen molar-refractivity contribution in [3.63, 3.8) is 0 Å². The van der Waals surface area contributed by atoms with Crippen LogP contribution in [-0.2, 0) is 23.2 Å². The summed E-state index contributed by atoms with van der Waals surface area (Å²) in [6.45, 7) is 1.41. The van der Waals surface area contributed by atoms with Gasteiger partial charge in [-0.3, -0.25) is 14.0 Å². The fourth-order valence-corrected chi connectivity index (χ4v) is 3.86. The van der Waals surface area contributed by atoms with E-state index in [2.05, 4.69) is 25.8 Å². The summed E-state index contributed by atoms with van der Waals surface area (Å²) < 4.78 is 48.7. The number of alkyl halides is 3. The molecule has 0 fully saturated rings. The molecule has 0 bridgehead atoms. The number of esters is 1. The second kappa shape index (κ2) is 7.15. The number of aromatic nitrogens is 3. The van der Waals surface area contributed by atoms with Crippen LogP contribution in [0.3, 0.4) is 0 Å². The molecule has 0 saturated heterocycles. The summed E-state index contributed by atoms with van der Waals surface area (Å²) in [4.78, 5) is 25.5. The van der Waals surface area contributed by atoms with Gasteiger partial charge in [0.1, 0.15) is 28.2 Å². The summed E-state index contributed by atoms with van der Waals surface area (Å²) in [5, 5.41) is 15.4. The van der Waals surface area contributed by atoms with Gasteiger partial charge in [0, 0.05) is 18.0 Å². The van der Waals surface area contributed by atoms with E-state index in [1.165, 1.54) is 21.4 Å². The van der Waals surface area contributed by atoms with Gasteiger partial charge in [-0.25, -0.2) is 4.79 Å². The number of aryl methyl sites for hydroxylation is 2. The highest BCUT2D eigenvalue weighted by molar-refractivity contribution is 9.12. The van der Waals surface area contributed by atoms with E-state index in [9.17, 15) is 27.9 Å². The molecule has 2 aromatic heterocycles. The minimum Gasteiger partial charge on any atom is -0.506 e. The van der Waals surface area contributed by atoms with Crippen LogP contribution in [0.15, 0.2) is 33.5 Å². The molecule has 31 heavy (non-hydrogen) atoms. The Morgan fingerprint density at radius 2 is 1.87 bits per heavy atom. The maximum Gasteiger partial charge on any atom is 0.573 e. The van der Waals surface area contributed by atoms with Gasteiger partial charge in [0.05, 0.1) is 16.9 Å². The SMILES string of the molecule is Cc1nn(C)c2c1c1c(c(=O)n2-c2ccc(OC(F)(F)F)cc2)C(O)=C(Br)C(=O)OC1. The van der Waals surface area contributed by atoms with Crippen molar-refractivity contribution in [2.45, 2.75) is 19.9 Å². The molecule has 1 aliphatic heterocycles. The van der Waals surface area contributed by atoms with Gasteiger partial charge in [0.2, 0.25) is 0 Å². The molecule has 0 atom stereocenters. The third kappa shape index (κ3) is 3.46. The van der Waals surface area contributed by atoms with Crippen molar-refractivity contribution in [1.82, 2.24) is 14.3 Å². The van der Waals surface area contributed by atoms with Crippen molar-refractivity contribution in [3.8, 4) is 11.4 Å². The Labute approximate surface area is 180 Å². The number of benzene rings is 1. The topological polar surface area (TPSA) is 95.6 Å². The molecule has 0 spiro atoms. The lowest BCUT2D eigenvalue weighted by molar-refractivity contribution is -0.274. The Balaban J connectivity index is 2.04. The first-order valence-electron chi connectivity index (χ1n) is 8.73. The van der Waals surface area contributed by atoms with Gasteiger partial charge in [0.15, 0.2) is 0 Å². The van der Waals surface area contributed by atoms with Crippen LogP contribution in [0.5, 0.6) is 5.75 Å². The van der Waals surface area contributed by atoms with Crippen molar-refractivity contribution < 1.29 is 32.5 Å². The zero-order valence-electron chi connectivity index (χ0n) is 16.0. The summed E-state index contributed by atoms with van der Waals surface area (Å²) in [5.41, 5.74) is 0.420. The Hall–Kier alpha value is -3.28. The Bertz CT molecular complexity index is 1320. The van der Waals surface area contributed by atoms with E-state index in [-0.39, 0.29) is 27.9 Å². The van der Waals surface area contributed by atoms with Crippen LogP contribution in [0.4, 0.5) is 13.2 Å². The van der Waals surface area contributed by atoms with Gasteiger partial charge in [-0.1, -0.05) is 0 Å². The van der Waals surface area contributed by atoms with Gasteiger partial charge in [0.25, 0.3) is 5.56 Å². The Morgan fingerprint density at radius 3 is 2.48 bits per heavy atom. The largest absolute Gasteiger partial charge is 0.573 e. The Kier molecular flexibility index (Phi) is 4.84. The number of nitrogens with zero attached hydrogens (tertiary/aromatic N) is 3. The molecule has 1 aromatic carbocycles. The van der Waals surface area contributed by atoms with E-state index in [1.807, 2.05) is 0 Å². The number of aliphatic hydroxyl groups excluding tert-OH is 1. The molecule has 1 aliphatic rings. The van der Waals surface area contributed by atoms with Crippen molar-refractivity contribution in [1.29, 1.82) is 0 Å². The number of ether oxygens (including phenoxy) is 2. The number of carbonyl (C=O) groups excluding carboxylic acids is 1. The number of hydrogen-bond donors (Lipinski definition) is 1. The highest BCUT2D eigenvalue weighted by Crippen LogP contribution is 2.33. The quantitative estimate of drug-likeness (QED) is 0.541. The van der Waals surface area contributed by atoms with E-state index < -0.39 is 29.4 Å². The minimum absolute atomic E-state index is 0.169. The number of pyridine rings is 1. The monoisotopic (exact) mass is 499 g/mol. The second-order valence-corrected chi connectivity index (χ2v) is 7.48. The number of fused-ring (bicyclic) bond motifs is 3. The molecule has 1 N–H and O–H groups in total. The van der Waals surface area contributed by atoms with E-state index in [4.69, 9.17) is 4.74 Å². The predicted molar refractivity (Wildman–Crippen MR) is 106 cm³/mol. The van der Waals surface area contributed by atoms with Crippen LogP contribution in [0.2, 0.25) is 0 Å². The molecular formula is C19H13BrF3N3O5. The molecule has 0 saturated carbocycles. The first-order chi connectivity index (χ1) is 14.5. The van der Waals surface area contributed by atoms with Gasteiger partial charge < -0.3 is 14.6 Å². The molecule has 3 heterocycles. The van der Waals surface area contributed by atoms with Crippen LogP contribution >= 0.6 is 15.9 Å². The highest BCUT2D eigenvalue weighted by Gasteiger charge is 2.32. The van der Waals surface area contributed by atoms with Crippen LogP contribution < -0.4 is 10.3 Å². The van der Waals surface area contributed by atoms with Crippen molar-refractivity contribution in [2.75, 3.05) is 0 Å². The molecule has 0 unspecified atom stereocenters. The average molecular weight is 500 g/mol. The van der Waals surface area contributed by atoms with Crippen molar-refractivity contribution >= 4 is 38.7 Å². The summed E-state index contributed by atoms with van der Waals surface area (Å²) in [7, 11) is 1.59. The van der Waals surface area contributed by atoms with E-state index >= 15 is 0 Å². The van der Waals surface area contributed by atoms with Gasteiger partial charge in [-0.15, -0.1) is 13.2 Å². The number of hydrogen-bond acceptors (Lipinski definition) is 6. The maximum atomic E-state index is 13.4. The first-order valence-corrected chi connectivity index (χ1v) is 9.52. The summed E-state index contributed by atoms with van der Waals surface area (Å²) >= 11 is 2.94. The Morgan fingerprint density at radius 1 is 1.23 bits per heavy atom. The fraction of sp³-hybridized carbons (Fsp3) is 0.211. The standard InChI is InChI=1S/C19H13BrF3N3O5/c1-8-12-11-7-30-18(29)14(20)15(27)13(11)17(28)26(16(12)25(2)24-8)9-3-5-10(6-4-9)31-19(21,22)23/h3-6,27H,7H2,1-2H3. The van der Waals surface area contributed by atoms with Crippen LogP contribution in [0.1, 0.15) is 16.8 Å². The summed E-state index contributed by atoms with van der Waals surface area (Å²) in [6.07, 6.45) is -4.86. The lowest BCUT2D eigenvalue weighted by Crippen LogP contribution is -2.26. The van der Waals surface area contributed by atoms with Crippen LogP contribution in [0.25, 0.3) is 22.5 Å². The van der Waals surface area contributed by atoms with Crippen LogP contribution in [0, 0.1) is 6.92 Å².